The normalized spacial score (nSPS) is 2.18. The summed E-state index contributed by atoms with van der Waals surface area (Å²) in [6, 6.07) is 0. The molecule has 0 aliphatic rings. The fraction of sp³-hybridized carbons (Fsp3) is 1.00. The number of rotatable bonds is 0. The third-order valence-corrected chi connectivity index (χ3v) is 0. The minimum atomic E-state index is 0. The van der Waals surface area contributed by atoms with Crippen LogP contribution in [0.2, 0.25) is 0 Å². The molecule has 0 unspecified atom stereocenters. The topological polar surface area (TPSA) is 105 Å². The van der Waals surface area contributed by atoms with Crippen molar-refractivity contribution >= 4 is 13.5 Å². The number of nitrogens with zero attached hydrogens (tertiary/aromatic N) is 2. The first-order valence-corrected chi connectivity index (χ1v) is 0.730. The summed E-state index contributed by atoms with van der Waals surface area (Å²) in [6.07, 6.45) is 0. The predicted octanol–water partition coefficient (Wildman–Crippen LogP) is -4.22. The summed E-state index contributed by atoms with van der Waals surface area (Å²) in [5.74, 6) is 0. The first-order valence-electron chi connectivity index (χ1n) is 0.730. The smallest absolute Gasteiger partial charge is 1.00 e. The van der Waals surface area contributed by atoms with E-state index in [1.54, 1.807) is 0 Å². The molecule has 6 nitrogen and oxygen atoms in total. The first-order chi connectivity index (χ1) is 2.83. The van der Waals surface area contributed by atoms with Crippen LogP contribution < -0.4 is 59.1 Å². The van der Waals surface area contributed by atoms with Gasteiger partial charge in [0.05, 0.1) is 0 Å². The van der Waals surface area contributed by atoms with Crippen LogP contribution in [-0.2, 0) is 13.5 Å². The van der Waals surface area contributed by atoms with Crippen molar-refractivity contribution in [1.82, 2.24) is 0 Å². The van der Waals surface area contributed by atoms with Crippen LogP contribution in [0.5, 0.6) is 0 Å². The summed E-state index contributed by atoms with van der Waals surface area (Å²) in [7, 11) is 0. The van der Waals surface area contributed by atoms with E-state index >= 15 is 0 Å². The average Bonchev–Trinajstić information content (AvgIpc) is 1.39. The zero-order valence-corrected chi connectivity index (χ0v) is 9.75. The molecule has 0 aromatic rings. The Morgan fingerprint density at radius 3 is 0.818 bits per heavy atom. The van der Waals surface area contributed by atoms with E-state index in [0.717, 1.165) is 10.7 Å². The Labute approximate surface area is 117 Å². The molecular weight excluding hydrogens is 194 g/mol. The first kappa shape index (κ1) is 57.0. The van der Waals surface area contributed by atoms with Gasteiger partial charge < -0.3 is 33.7 Å². The van der Waals surface area contributed by atoms with Crippen LogP contribution in [-0.4, -0.2) is 0 Å². The van der Waals surface area contributed by atoms with Crippen LogP contribution in [0, 0.1) is 20.2 Å². The molecule has 0 aromatic carbocycles. The van der Waals surface area contributed by atoms with Gasteiger partial charge in [0.1, 0.15) is 0 Å². The Kier molecular flexibility index (Phi) is 599. The summed E-state index contributed by atoms with van der Waals surface area (Å²) < 4.78 is 0. The van der Waals surface area contributed by atoms with Gasteiger partial charge in [0.2, 0.25) is 0 Å². The van der Waals surface area contributed by atoms with Crippen molar-refractivity contribution in [2.24, 2.45) is 10.7 Å². The van der Waals surface area contributed by atoms with Crippen molar-refractivity contribution in [2.75, 3.05) is 0 Å². The maximum absolute atomic E-state index is 8.00. The molecule has 9 heteroatoms. The van der Waals surface area contributed by atoms with Gasteiger partial charge in [-0.25, -0.2) is 0 Å². The summed E-state index contributed by atoms with van der Waals surface area (Å²) in [5, 5.41) is 18.0. The fourth-order valence-corrected chi connectivity index (χ4v) is 0. The Hall–Kier alpha value is 1.15. The summed E-state index contributed by atoms with van der Waals surface area (Å²) >= 11 is 0. The molecule has 0 bridgehead atoms. The van der Waals surface area contributed by atoms with Crippen LogP contribution in [0.4, 0.5) is 0 Å². The van der Waals surface area contributed by atoms with E-state index in [9.17, 15) is 0 Å². The van der Waals surface area contributed by atoms with E-state index in [1.807, 2.05) is 0 Å². The monoisotopic (exact) mass is 202 g/mol. The van der Waals surface area contributed by atoms with Gasteiger partial charge in [-0.05, 0) is 0 Å². The van der Waals surface area contributed by atoms with Crippen molar-refractivity contribution in [2.45, 2.75) is 14.9 Å². The minimum Gasteiger partial charge on any atom is -2.00 e. The molecule has 0 saturated carbocycles. The summed E-state index contributed by atoms with van der Waals surface area (Å²) in [6.45, 7) is 0. The Morgan fingerprint density at radius 1 is 0.818 bits per heavy atom. The predicted molar refractivity (Wildman–Crippen MR) is 39.2 cm³/mol. The van der Waals surface area contributed by atoms with E-state index in [1.165, 1.54) is 0 Å². The minimum absolute atomic E-state index is 0. The van der Waals surface area contributed by atoms with Crippen molar-refractivity contribution < 1.29 is 59.1 Å². The molecule has 0 aliphatic carbocycles. The largest absolute Gasteiger partial charge is 2.00 e. The third kappa shape index (κ3) is 706. The van der Waals surface area contributed by atoms with E-state index in [2.05, 4.69) is 0 Å². The van der Waals surface area contributed by atoms with Crippen LogP contribution >= 0.6 is 0 Å². The van der Waals surface area contributed by atoms with E-state index < -0.39 is 0 Å². The molecule has 0 spiro atoms. The second kappa shape index (κ2) is 116. The van der Waals surface area contributed by atoms with Gasteiger partial charge in [-0.3, -0.25) is 0 Å². The molecule has 60 valence electrons. The molecule has 0 amide bonds. The van der Waals surface area contributed by atoms with Gasteiger partial charge in [0.25, 0.3) is 0 Å². The van der Waals surface area contributed by atoms with Crippen LogP contribution in [0.15, 0.2) is 10.7 Å². The second-order valence-corrected chi connectivity index (χ2v) is 0.149. The van der Waals surface area contributed by atoms with Crippen molar-refractivity contribution in [3.63, 3.8) is 0 Å². The van der Waals surface area contributed by atoms with Gasteiger partial charge in [-0.2, -0.15) is 0 Å². The molecule has 0 saturated heterocycles. The van der Waals surface area contributed by atoms with E-state index in [-0.39, 0.29) is 87.5 Å². The third-order valence-electron chi connectivity index (χ3n) is 0. The molecule has 0 heterocycles. The van der Waals surface area contributed by atoms with Crippen molar-refractivity contribution in [3.05, 3.63) is 20.2 Å². The van der Waals surface area contributed by atoms with Gasteiger partial charge >= 0.3 is 59.1 Å². The zero-order valence-electron chi connectivity index (χ0n) is 4.94. The molecule has 0 rings (SSSR count). The van der Waals surface area contributed by atoms with Crippen molar-refractivity contribution in [1.29, 1.82) is 0 Å². The molecule has 0 radical (unpaired) electrons. The van der Waals surface area contributed by atoms with Gasteiger partial charge in [-0.1, -0.05) is 14.9 Å². The van der Waals surface area contributed by atoms with Gasteiger partial charge in [0, 0.05) is 0 Å². The maximum Gasteiger partial charge on any atom is 1.00 e. The summed E-state index contributed by atoms with van der Waals surface area (Å²) in [5.41, 5.74) is 0. The fourth-order valence-electron chi connectivity index (χ4n) is 0. The van der Waals surface area contributed by atoms with E-state index in [0.29, 0.717) is 0 Å². The molecule has 0 fully saturated rings. The van der Waals surface area contributed by atoms with Crippen molar-refractivity contribution in [3.8, 4) is 0 Å². The molecule has 0 aromatic heterocycles. The molecule has 11 heavy (non-hydrogen) atoms. The Balaban J connectivity index is -0.00000000400. The SMILES string of the molecule is C.C.O=N[O-].O=N[O-].[Na+].[Na+].[S-2]. The van der Waals surface area contributed by atoms with Crippen LogP contribution in [0.25, 0.3) is 0 Å². The maximum atomic E-state index is 8.00. The average molecular weight is 202 g/mol. The number of hydrogen-bond donors (Lipinski definition) is 0. The van der Waals surface area contributed by atoms with Gasteiger partial charge in [-0.15, -0.1) is 10.7 Å². The molecular formula is C2H8N2Na2O4S-2. The second-order valence-electron chi connectivity index (χ2n) is 0.149. The molecule has 0 aliphatic heterocycles. The summed E-state index contributed by atoms with van der Waals surface area (Å²) in [4.78, 5) is 16.0. The Morgan fingerprint density at radius 2 is 0.818 bits per heavy atom. The number of hydrogen-bond acceptors (Lipinski definition) is 6. The quantitative estimate of drug-likeness (QED) is 0.225. The van der Waals surface area contributed by atoms with E-state index in [4.69, 9.17) is 20.2 Å². The Bertz CT molecular complexity index is 45.1. The van der Waals surface area contributed by atoms with Gasteiger partial charge in [0.15, 0.2) is 0 Å². The van der Waals surface area contributed by atoms with Crippen LogP contribution in [0.1, 0.15) is 14.9 Å². The molecule has 0 atom stereocenters. The zero-order chi connectivity index (χ0) is 5.41. The van der Waals surface area contributed by atoms with Crippen LogP contribution in [0.3, 0.4) is 0 Å². The molecule has 0 N–H and O–H groups in total. The standard InChI is InChI=1S/2CH4.2HNO2.2Na.S/c;;2*2-1-3;;;/h2*1H4;2*(H,2,3);;;/q;;;;2*+1;-2/p-2.